The van der Waals surface area contributed by atoms with E-state index < -0.39 is 0 Å². The highest BCUT2D eigenvalue weighted by atomic mass is 32.2. The molecule has 0 aliphatic heterocycles. The van der Waals surface area contributed by atoms with Crippen LogP contribution in [0, 0.1) is 13.8 Å². The Balaban J connectivity index is 1.47. The molecule has 0 fully saturated rings. The van der Waals surface area contributed by atoms with E-state index in [1.54, 1.807) is 11.8 Å². The number of nitrogens with one attached hydrogen (secondary N) is 1. The minimum Gasteiger partial charge on any atom is -0.492 e. The first-order valence-electron chi connectivity index (χ1n) is 8.19. The Hall–Kier alpha value is -2.53. The minimum atomic E-state index is 0.624. The largest absolute Gasteiger partial charge is 0.492 e. The summed E-state index contributed by atoms with van der Waals surface area (Å²) in [7, 11) is 0. The summed E-state index contributed by atoms with van der Waals surface area (Å²) >= 11 is 1.58. The lowest BCUT2D eigenvalue weighted by molar-refractivity contribution is 0.341. The molecule has 3 rings (SSSR count). The molecule has 0 radical (unpaired) electrons. The van der Waals surface area contributed by atoms with Crippen molar-refractivity contribution in [1.29, 1.82) is 0 Å². The van der Waals surface area contributed by atoms with E-state index in [2.05, 4.69) is 47.2 Å². The zero-order valence-electron chi connectivity index (χ0n) is 14.4. The maximum atomic E-state index is 5.85. The summed E-state index contributed by atoms with van der Waals surface area (Å²) in [4.78, 5) is 4.46. The molecule has 0 saturated carbocycles. The lowest BCUT2D eigenvalue weighted by atomic mass is 10.1. The van der Waals surface area contributed by atoms with Gasteiger partial charge in [-0.15, -0.1) is 5.10 Å². The fourth-order valence-electron chi connectivity index (χ4n) is 2.28. The summed E-state index contributed by atoms with van der Waals surface area (Å²) in [5, 5.41) is 7.90. The van der Waals surface area contributed by atoms with Gasteiger partial charge in [0.25, 0.3) is 0 Å². The van der Waals surface area contributed by atoms with Crippen LogP contribution in [-0.4, -0.2) is 27.5 Å². The molecule has 1 aromatic heterocycles. The number of nitrogens with zero attached hydrogens (tertiary/aromatic N) is 2. The van der Waals surface area contributed by atoms with Crippen LogP contribution in [0.3, 0.4) is 0 Å². The third-order valence-corrected chi connectivity index (χ3v) is 4.44. The summed E-state index contributed by atoms with van der Waals surface area (Å²) in [6, 6.07) is 16.4. The molecular weight excluding hydrogens is 330 g/mol. The van der Waals surface area contributed by atoms with E-state index in [0.717, 1.165) is 33.6 Å². The number of aromatic nitrogens is 3. The lowest BCUT2D eigenvalue weighted by Gasteiger charge is -2.09. The molecule has 0 atom stereocenters. The minimum absolute atomic E-state index is 0.624. The van der Waals surface area contributed by atoms with Crippen molar-refractivity contribution in [2.75, 3.05) is 12.4 Å². The maximum Gasteiger partial charge on any atom is 0.208 e. The van der Waals surface area contributed by atoms with E-state index in [4.69, 9.17) is 4.74 Å². The molecule has 4 nitrogen and oxygen atoms in total. The molecule has 2 aromatic carbocycles. The summed E-state index contributed by atoms with van der Waals surface area (Å²) in [6.07, 6.45) is 3.94. The predicted octanol–water partition coefficient (Wildman–Crippen LogP) is 4.76. The third kappa shape index (κ3) is 5.22. The predicted molar refractivity (Wildman–Crippen MR) is 104 cm³/mol. The van der Waals surface area contributed by atoms with E-state index in [0.29, 0.717) is 6.61 Å². The first-order chi connectivity index (χ1) is 12.2. The second-order valence-electron chi connectivity index (χ2n) is 5.71. The standard InChI is InChI=1S/C20H21N3OS/c1-15-8-9-16(2)18(14-15)24-12-13-25-20-21-19(22-23-20)11-10-17-6-4-3-5-7-17/h3-11,14H,12-13H2,1-2H3,(H,21,22,23)/b11-10+. The molecule has 0 bridgehead atoms. The van der Waals surface area contributed by atoms with E-state index in [-0.39, 0.29) is 0 Å². The van der Waals surface area contributed by atoms with Crippen LogP contribution in [0.5, 0.6) is 5.75 Å². The molecule has 25 heavy (non-hydrogen) atoms. The first kappa shape index (κ1) is 17.3. The molecule has 0 unspecified atom stereocenters. The molecule has 128 valence electrons. The molecule has 0 amide bonds. The number of hydrogen-bond acceptors (Lipinski definition) is 4. The third-order valence-electron chi connectivity index (χ3n) is 3.63. The van der Waals surface area contributed by atoms with Gasteiger partial charge in [0.05, 0.1) is 6.61 Å². The van der Waals surface area contributed by atoms with Crippen LogP contribution < -0.4 is 4.74 Å². The van der Waals surface area contributed by atoms with Gasteiger partial charge in [-0.05, 0) is 42.7 Å². The lowest BCUT2D eigenvalue weighted by Crippen LogP contribution is -2.02. The van der Waals surface area contributed by atoms with Crippen molar-refractivity contribution < 1.29 is 4.74 Å². The Morgan fingerprint density at radius 2 is 1.92 bits per heavy atom. The number of ether oxygens (including phenoxy) is 1. The molecule has 0 saturated heterocycles. The van der Waals surface area contributed by atoms with Gasteiger partial charge in [0.2, 0.25) is 5.16 Å². The van der Waals surface area contributed by atoms with Crippen LogP contribution in [0.4, 0.5) is 0 Å². The van der Waals surface area contributed by atoms with Gasteiger partial charge in [-0.3, -0.25) is 5.10 Å². The smallest absolute Gasteiger partial charge is 0.208 e. The fraction of sp³-hybridized carbons (Fsp3) is 0.200. The highest BCUT2D eigenvalue weighted by Gasteiger charge is 2.03. The van der Waals surface area contributed by atoms with Crippen molar-refractivity contribution in [1.82, 2.24) is 15.2 Å². The van der Waals surface area contributed by atoms with Gasteiger partial charge in [-0.25, -0.2) is 4.98 Å². The monoisotopic (exact) mass is 351 g/mol. The van der Waals surface area contributed by atoms with Crippen LogP contribution in [0.1, 0.15) is 22.5 Å². The van der Waals surface area contributed by atoms with Crippen molar-refractivity contribution in [2.24, 2.45) is 0 Å². The van der Waals surface area contributed by atoms with Gasteiger partial charge in [0, 0.05) is 5.75 Å². The van der Waals surface area contributed by atoms with Gasteiger partial charge >= 0.3 is 0 Å². The quantitative estimate of drug-likeness (QED) is 0.492. The number of hydrogen-bond donors (Lipinski definition) is 1. The fourth-order valence-corrected chi connectivity index (χ4v) is 2.91. The van der Waals surface area contributed by atoms with Crippen LogP contribution in [0.25, 0.3) is 12.2 Å². The van der Waals surface area contributed by atoms with E-state index in [1.165, 1.54) is 5.56 Å². The molecule has 5 heteroatoms. The first-order valence-corrected chi connectivity index (χ1v) is 9.18. The van der Waals surface area contributed by atoms with Gasteiger partial charge in [-0.1, -0.05) is 60.3 Å². The number of thioether (sulfide) groups is 1. The second kappa shape index (κ2) is 8.53. The van der Waals surface area contributed by atoms with Crippen LogP contribution >= 0.6 is 11.8 Å². The van der Waals surface area contributed by atoms with Gasteiger partial charge in [-0.2, -0.15) is 0 Å². The molecule has 1 N–H and O–H groups in total. The van der Waals surface area contributed by atoms with E-state index in [9.17, 15) is 0 Å². The van der Waals surface area contributed by atoms with Crippen molar-refractivity contribution in [2.45, 2.75) is 19.0 Å². The molecular formula is C20H21N3OS. The van der Waals surface area contributed by atoms with Gasteiger partial charge in [0.15, 0.2) is 0 Å². The number of aromatic amines is 1. The van der Waals surface area contributed by atoms with Crippen molar-refractivity contribution in [3.05, 3.63) is 71.0 Å². The van der Waals surface area contributed by atoms with Gasteiger partial charge in [0.1, 0.15) is 11.6 Å². The van der Waals surface area contributed by atoms with Crippen LogP contribution in [-0.2, 0) is 0 Å². The van der Waals surface area contributed by atoms with E-state index in [1.807, 2.05) is 42.5 Å². The highest BCUT2D eigenvalue weighted by Crippen LogP contribution is 2.20. The normalized spacial score (nSPS) is 11.1. The molecule has 0 spiro atoms. The summed E-state index contributed by atoms with van der Waals surface area (Å²) in [5.74, 6) is 2.50. The average molecular weight is 351 g/mol. The Labute approximate surface area is 152 Å². The molecule has 0 aliphatic rings. The zero-order chi connectivity index (χ0) is 17.5. The highest BCUT2D eigenvalue weighted by molar-refractivity contribution is 7.99. The number of benzene rings is 2. The van der Waals surface area contributed by atoms with Gasteiger partial charge < -0.3 is 4.74 Å². The summed E-state index contributed by atoms with van der Waals surface area (Å²) in [6.45, 7) is 4.75. The number of H-pyrrole nitrogens is 1. The second-order valence-corrected chi connectivity index (χ2v) is 6.78. The Morgan fingerprint density at radius 3 is 2.76 bits per heavy atom. The van der Waals surface area contributed by atoms with E-state index >= 15 is 0 Å². The average Bonchev–Trinajstić information content (AvgIpc) is 3.08. The molecule has 0 aliphatic carbocycles. The number of aryl methyl sites for hydroxylation is 2. The Bertz CT molecular complexity index is 843. The summed E-state index contributed by atoms with van der Waals surface area (Å²) < 4.78 is 5.85. The SMILES string of the molecule is Cc1ccc(C)c(OCCSc2n[nH]c(/C=C/c3ccccc3)n2)c1. The Morgan fingerprint density at radius 1 is 1.08 bits per heavy atom. The number of rotatable bonds is 7. The van der Waals surface area contributed by atoms with Crippen molar-refractivity contribution >= 4 is 23.9 Å². The van der Waals surface area contributed by atoms with Crippen LogP contribution in [0.2, 0.25) is 0 Å². The Kier molecular flexibility index (Phi) is 5.90. The molecule has 3 aromatic rings. The van der Waals surface area contributed by atoms with Crippen molar-refractivity contribution in [3.8, 4) is 5.75 Å². The maximum absolute atomic E-state index is 5.85. The topological polar surface area (TPSA) is 50.8 Å². The zero-order valence-corrected chi connectivity index (χ0v) is 15.2. The van der Waals surface area contributed by atoms with Crippen molar-refractivity contribution in [3.63, 3.8) is 0 Å². The molecule has 1 heterocycles. The van der Waals surface area contributed by atoms with Crippen LogP contribution in [0.15, 0.2) is 53.7 Å². The summed E-state index contributed by atoms with van der Waals surface area (Å²) in [5.41, 5.74) is 3.49.